The third kappa shape index (κ3) is 15.8. The lowest BCUT2D eigenvalue weighted by atomic mass is 9.85. The average Bonchev–Trinajstić information content (AvgIpc) is 3.75. The summed E-state index contributed by atoms with van der Waals surface area (Å²) >= 11 is 1.57. The van der Waals surface area contributed by atoms with Crippen LogP contribution in [0.25, 0.3) is 10.4 Å². The Morgan fingerprint density at radius 1 is 0.964 bits per heavy atom. The minimum atomic E-state index is -1.12. The Hall–Kier alpha value is -4.04. The van der Waals surface area contributed by atoms with Gasteiger partial charge < -0.3 is 55.0 Å². The number of carbonyl (C=O) groups excluding carboxylic acids is 5. The first-order chi connectivity index (χ1) is 26.6. The molecule has 1 aromatic carbocycles. The zero-order valence-electron chi connectivity index (χ0n) is 33.2. The number of likely N-dealkylation sites (tertiary alicyclic amines) is 1. The van der Waals surface area contributed by atoms with Crippen LogP contribution in [0.2, 0.25) is 0 Å². The molecule has 5 N–H and O–H groups in total. The van der Waals surface area contributed by atoms with Crippen molar-refractivity contribution in [1.29, 1.82) is 0 Å². The van der Waals surface area contributed by atoms with Crippen molar-refractivity contribution in [3.8, 4) is 10.4 Å². The van der Waals surface area contributed by atoms with E-state index in [0.29, 0.717) is 46.1 Å². The van der Waals surface area contributed by atoms with Crippen LogP contribution in [0.4, 0.5) is 4.79 Å². The van der Waals surface area contributed by atoms with Crippen LogP contribution in [0.15, 0.2) is 29.8 Å². The van der Waals surface area contributed by atoms with E-state index in [4.69, 9.17) is 24.7 Å². The smallest absolute Gasteiger partial charge is 0.391 e. The molecule has 56 heavy (non-hydrogen) atoms. The Bertz CT molecular complexity index is 1570. The summed E-state index contributed by atoms with van der Waals surface area (Å²) in [6.07, 6.45) is -1.87. The Morgan fingerprint density at radius 3 is 2.14 bits per heavy atom. The van der Waals surface area contributed by atoms with Gasteiger partial charge in [0.15, 0.2) is 0 Å². The van der Waals surface area contributed by atoms with Gasteiger partial charge in [-0.05, 0) is 37.4 Å². The second-order valence-corrected chi connectivity index (χ2v) is 15.5. The van der Waals surface area contributed by atoms with Crippen molar-refractivity contribution in [2.24, 2.45) is 11.1 Å². The maximum Gasteiger partial charge on any atom is 0.412 e. The number of aliphatic hydroxyl groups excluding tert-OH is 1. The van der Waals surface area contributed by atoms with E-state index in [9.17, 15) is 29.1 Å². The molecule has 1 aliphatic heterocycles. The van der Waals surface area contributed by atoms with Crippen molar-refractivity contribution in [2.45, 2.75) is 71.7 Å². The summed E-state index contributed by atoms with van der Waals surface area (Å²) in [7, 11) is 1.81. The van der Waals surface area contributed by atoms with Gasteiger partial charge in [0.25, 0.3) is 0 Å². The number of amides is 4. The standard InChI is InChI=1S/C38H58N6O11S/c1-25(27-7-9-28(10-8-27)33-26(2)40-24-56-33)41-35(48)30-21-29(45)22-44(30)36(49)34(38(3,4)5)42-31(46)23-54-20-19-53-18-17-52-16-15-51-14-13-43(6)12-11-32(47)55-37(39)50/h7-10,24-25,29-30,34,45H,11-23H2,1-6H3,(H2,39,50)(H,41,48)(H,42,46)/t25-,29+,30-,34+/m0/s1. The van der Waals surface area contributed by atoms with Crippen molar-refractivity contribution in [3.63, 3.8) is 0 Å². The molecule has 0 unspecified atom stereocenters. The number of aryl methyl sites for hydroxylation is 1. The SMILES string of the molecule is Cc1ncsc1-c1ccc([C@H](C)NC(=O)[C@@H]2C[C@@H](O)CN2C(=O)[C@@H](NC(=O)COCCOCCOCCOCCN(C)CCC(=O)OC(N)=O)C(C)(C)C)cc1. The molecule has 312 valence electrons. The summed E-state index contributed by atoms with van der Waals surface area (Å²) < 4.78 is 26.2. The second kappa shape index (κ2) is 23.3. The lowest BCUT2D eigenvalue weighted by molar-refractivity contribution is -0.144. The Kier molecular flexibility index (Phi) is 19.2. The number of esters is 1. The van der Waals surface area contributed by atoms with Gasteiger partial charge in [-0.1, -0.05) is 45.0 Å². The molecule has 0 bridgehead atoms. The first-order valence-electron chi connectivity index (χ1n) is 18.6. The zero-order valence-corrected chi connectivity index (χ0v) is 34.1. The lowest BCUT2D eigenvalue weighted by Gasteiger charge is -2.35. The molecule has 2 aromatic rings. The van der Waals surface area contributed by atoms with Crippen LogP contribution in [-0.4, -0.2) is 147 Å². The number of thiazole rings is 1. The molecule has 2 heterocycles. The highest BCUT2D eigenvalue weighted by molar-refractivity contribution is 7.13. The Morgan fingerprint density at radius 2 is 1.57 bits per heavy atom. The number of rotatable bonds is 23. The third-order valence-corrected chi connectivity index (χ3v) is 9.92. The van der Waals surface area contributed by atoms with Crippen LogP contribution in [0.1, 0.15) is 57.8 Å². The number of aliphatic hydroxyl groups is 1. The van der Waals surface area contributed by atoms with Crippen molar-refractivity contribution in [1.82, 2.24) is 25.4 Å². The molecule has 0 aliphatic carbocycles. The molecular weight excluding hydrogens is 749 g/mol. The van der Waals surface area contributed by atoms with Gasteiger partial charge >= 0.3 is 12.1 Å². The van der Waals surface area contributed by atoms with Crippen LogP contribution in [0.3, 0.4) is 0 Å². The normalized spacial score (nSPS) is 16.8. The zero-order chi connectivity index (χ0) is 41.3. The molecular formula is C38H58N6O11S. The largest absolute Gasteiger partial charge is 0.412 e. The fourth-order valence-electron chi connectivity index (χ4n) is 5.82. The lowest BCUT2D eigenvalue weighted by Crippen LogP contribution is -2.58. The fourth-order valence-corrected chi connectivity index (χ4v) is 6.63. The minimum Gasteiger partial charge on any atom is -0.391 e. The number of nitrogens with two attached hydrogens (primary N) is 1. The Balaban J connectivity index is 1.33. The van der Waals surface area contributed by atoms with E-state index in [1.165, 1.54) is 4.90 Å². The molecule has 0 saturated carbocycles. The predicted octanol–water partition coefficient (Wildman–Crippen LogP) is 1.80. The van der Waals surface area contributed by atoms with E-state index in [1.807, 2.05) is 76.3 Å². The monoisotopic (exact) mass is 806 g/mol. The molecule has 3 rings (SSSR count). The van der Waals surface area contributed by atoms with Gasteiger partial charge in [-0.3, -0.25) is 19.2 Å². The number of β-amino-alcohol motifs (C(OH)–C–C–N with tert-alkyl or cyclic N) is 1. The fraction of sp³-hybridized carbons (Fsp3) is 0.632. The molecule has 0 spiro atoms. The van der Waals surface area contributed by atoms with Gasteiger partial charge in [-0.15, -0.1) is 11.3 Å². The number of nitrogens with zero attached hydrogens (tertiary/aromatic N) is 3. The highest BCUT2D eigenvalue weighted by Crippen LogP contribution is 2.29. The second-order valence-electron chi connectivity index (χ2n) is 14.6. The molecule has 1 saturated heterocycles. The maximum absolute atomic E-state index is 13.9. The van der Waals surface area contributed by atoms with Gasteiger partial charge in [-0.25, -0.2) is 9.78 Å². The van der Waals surface area contributed by atoms with Crippen LogP contribution in [0, 0.1) is 12.3 Å². The number of ether oxygens (including phenoxy) is 5. The molecule has 4 amide bonds. The minimum absolute atomic E-state index is 0.0266. The number of carbonyl (C=O) groups is 5. The third-order valence-electron chi connectivity index (χ3n) is 8.94. The van der Waals surface area contributed by atoms with Crippen LogP contribution < -0.4 is 16.4 Å². The molecule has 1 aromatic heterocycles. The van der Waals surface area contributed by atoms with E-state index in [-0.39, 0.29) is 51.2 Å². The molecule has 1 fully saturated rings. The topological polar surface area (TPSA) is 221 Å². The number of aromatic nitrogens is 1. The van der Waals surface area contributed by atoms with Crippen molar-refractivity contribution < 1.29 is 52.8 Å². The van der Waals surface area contributed by atoms with E-state index in [1.54, 1.807) is 11.3 Å². The van der Waals surface area contributed by atoms with Gasteiger partial charge in [0, 0.05) is 26.1 Å². The van der Waals surface area contributed by atoms with Crippen molar-refractivity contribution >= 4 is 41.1 Å². The van der Waals surface area contributed by atoms with Crippen molar-refractivity contribution in [3.05, 3.63) is 41.0 Å². The summed E-state index contributed by atoms with van der Waals surface area (Å²) in [6, 6.07) is 5.66. The number of hydrogen-bond acceptors (Lipinski definition) is 14. The van der Waals surface area contributed by atoms with Crippen LogP contribution >= 0.6 is 11.3 Å². The summed E-state index contributed by atoms with van der Waals surface area (Å²) in [6.45, 7) is 12.1. The molecule has 18 heteroatoms. The summed E-state index contributed by atoms with van der Waals surface area (Å²) in [5.74, 6) is -2.01. The van der Waals surface area contributed by atoms with Gasteiger partial charge in [0.05, 0.1) is 80.9 Å². The summed E-state index contributed by atoms with van der Waals surface area (Å²) in [5.41, 5.74) is 8.80. The van der Waals surface area contributed by atoms with Gasteiger partial charge in [0.2, 0.25) is 17.7 Å². The highest BCUT2D eigenvalue weighted by Gasteiger charge is 2.44. The first kappa shape index (κ1) is 46.3. The first-order valence-corrected chi connectivity index (χ1v) is 19.5. The molecule has 1 aliphatic rings. The van der Waals surface area contributed by atoms with E-state index in [2.05, 4.69) is 20.4 Å². The van der Waals surface area contributed by atoms with Crippen molar-refractivity contribution in [2.75, 3.05) is 79.5 Å². The van der Waals surface area contributed by atoms with E-state index in [0.717, 1.165) is 21.7 Å². The Labute approximate surface area is 332 Å². The number of primary amides is 1. The number of likely N-dealkylation sites (N-methyl/N-ethyl adjacent to an activating group) is 1. The van der Waals surface area contributed by atoms with E-state index < -0.39 is 47.5 Å². The number of nitrogens with one attached hydrogen (secondary N) is 2. The maximum atomic E-state index is 13.9. The van der Waals surface area contributed by atoms with Gasteiger partial charge in [0.1, 0.15) is 18.7 Å². The summed E-state index contributed by atoms with van der Waals surface area (Å²) in [5, 5.41) is 16.3. The quantitative estimate of drug-likeness (QED) is 0.0716. The predicted molar refractivity (Wildman–Crippen MR) is 207 cm³/mol. The van der Waals surface area contributed by atoms with Crippen LogP contribution in [0.5, 0.6) is 0 Å². The summed E-state index contributed by atoms with van der Waals surface area (Å²) in [4.78, 5) is 70.8. The molecule has 0 radical (unpaired) electrons. The van der Waals surface area contributed by atoms with Crippen LogP contribution in [-0.2, 0) is 42.9 Å². The number of benzene rings is 1. The van der Waals surface area contributed by atoms with E-state index >= 15 is 0 Å². The number of hydrogen-bond donors (Lipinski definition) is 4. The highest BCUT2D eigenvalue weighted by atomic mass is 32.1. The molecule has 4 atom stereocenters. The average molecular weight is 807 g/mol. The van der Waals surface area contributed by atoms with Gasteiger partial charge in [-0.2, -0.15) is 0 Å². The molecule has 17 nitrogen and oxygen atoms in total.